The largest absolute Gasteiger partial charge is 0.481 e. The monoisotopic (exact) mass is 399 g/mol. The molecule has 0 aromatic heterocycles. The zero-order valence-corrected chi connectivity index (χ0v) is 18.0. The van der Waals surface area contributed by atoms with E-state index in [4.69, 9.17) is 5.73 Å². The van der Waals surface area contributed by atoms with Crippen molar-refractivity contribution in [3.05, 3.63) is 45.9 Å². The van der Waals surface area contributed by atoms with Gasteiger partial charge in [0.25, 0.3) is 0 Å². The number of carboxylic acid groups (broad SMARTS) is 1. The van der Waals surface area contributed by atoms with Gasteiger partial charge in [-0.15, -0.1) is 11.8 Å². The Balaban J connectivity index is 1.60. The van der Waals surface area contributed by atoms with Crippen LogP contribution in [-0.2, 0) is 10.2 Å². The van der Waals surface area contributed by atoms with Crippen molar-refractivity contribution in [1.29, 1.82) is 0 Å². The summed E-state index contributed by atoms with van der Waals surface area (Å²) < 4.78 is 0. The van der Waals surface area contributed by atoms with E-state index in [2.05, 4.69) is 38.1 Å². The number of thioether (sulfide) groups is 1. The van der Waals surface area contributed by atoms with Crippen LogP contribution in [-0.4, -0.2) is 17.6 Å². The zero-order chi connectivity index (χ0) is 19.9. The summed E-state index contributed by atoms with van der Waals surface area (Å²) in [6, 6.07) is 8.82. The Hall–Kier alpha value is -1.26. The lowest BCUT2D eigenvalue weighted by Gasteiger charge is -2.37. The fourth-order valence-corrected chi connectivity index (χ4v) is 7.13. The molecule has 152 valence electrons. The molecule has 28 heavy (non-hydrogen) atoms. The molecule has 3 nitrogen and oxygen atoms in total. The normalized spacial score (nSPS) is 28.8. The number of aliphatic carboxylic acids is 1. The van der Waals surface area contributed by atoms with Crippen LogP contribution >= 0.6 is 11.8 Å². The van der Waals surface area contributed by atoms with Crippen molar-refractivity contribution in [2.45, 2.75) is 75.9 Å². The van der Waals surface area contributed by atoms with Crippen LogP contribution in [0.2, 0.25) is 0 Å². The third-order valence-electron chi connectivity index (χ3n) is 7.32. The Kier molecular flexibility index (Phi) is 5.39. The number of hydrogen-bond donors (Lipinski definition) is 2. The molecular weight excluding hydrogens is 366 g/mol. The molecule has 3 aliphatic rings. The van der Waals surface area contributed by atoms with E-state index >= 15 is 0 Å². The van der Waals surface area contributed by atoms with Crippen LogP contribution in [0.1, 0.15) is 81.6 Å². The molecule has 1 saturated carbocycles. The molecule has 0 amide bonds. The molecule has 1 heterocycles. The minimum atomic E-state index is -0.671. The maximum Gasteiger partial charge on any atom is 0.312 e. The van der Waals surface area contributed by atoms with E-state index in [9.17, 15) is 9.90 Å². The molecule has 1 fully saturated rings. The first kappa shape index (κ1) is 20.0. The van der Waals surface area contributed by atoms with Gasteiger partial charge in [0, 0.05) is 12.0 Å². The molecule has 0 spiro atoms. The van der Waals surface area contributed by atoms with Crippen LogP contribution in [0.15, 0.2) is 34.7 Å². The number of rotatable bonds is 4. The number of carboxylic acids is 1. The molecule has 2 aliphatic carbocycles. The number of carbonyl (C=O) groups is 1. The van der Waals surface area contributed by atoms with Gasteiger partial charge in [0.1, 0.15) is 0 Å². The summed E-state index contributed by atoms with van der Waals surface area (Å²) >= 11 is 1.81. The molecule has 2 unspecified atom stereocenters. The summed E-state index contributed by atoms with van der Waals surface area (Å²) in [6.07, 6.45) is 9.25. The van der Waals surface area contributed by atoms with Crippen molar-refractivity contribution in [1.82, 2.24) is 0 Å². The molecule has 0 bridgehead atoms. The van der Waals surface area contributed by atoms with Crippen molar-refractivity contribution >= 4 is 17.7 Å². The first-order valence-electron chi connectivity index (χ1n) is 10.8. The van der Waals surface area contributed by atoms with Gasteiger partial charge in [0.05, 0.1) is 11.2 Å². The van der Waals surface area contributed by atoms with E-state index in [-0.39, 0.29) is 22.0 Å². The second kappa shape index (κ2) is 7.53. The molecule has 0 saturated heterocycles. The summed E-state index contributed by atoms with van der Waals surface area (Å²) in [5.74, 6) is -1.06. The summed E-state index contributed by atoms with van der Waals surface area (Å²) in [7, 11) is 0. The van der Waals surface area contributed by atoms with Gasteiger partial charge in [-0.25, -0.2) is 0 Å². The van der Waals surface area contributed by atoms with Crippen LogP contribution < -0.4 is 5.73 Å². The predicted molar refractivity (Wildman–Crippen MR) is 116 cm³/mol. The highest BCUT2D eigenvalue weighted by Gasteiger charge is 2.45. The first-order chi connectivity index (χ1) is 13.4. The highest BCUT2D eigenvalue weighted by Crippen LogP contribution is 2.59. The maximum absolute atomic E-state index is 12.2. The highest BCUT2D eigenvalue weighted by atomic mass is 32.2. The first-order valence-corrected chi connectivity index (χ1v) is 11.7. The summed E-state index contributed by atoms with van der Waals surface area (Å²) in [4.78, 5) is 13.5. The van der Waals surface area contributed by atoms with Gasteiger partial charge in [-0.1, -0.05) is 57.4 Å². The molecule has 3 N–H and O–H groups in total. The smallest absolute Gasteiger partial charge is 0.312 e. The van der Waals surface area contributed by atoms with E-state index in [0.29, 0.717) is 6.54 Å². The Bertz CT molecular complexity index is 774. The molecule has 0 radical (unpaired) electrons. The number of allylic oxidation sites excluding steroid dienone is 1. The summed E-state index contributed by atoms with van der Waals surface area (Å²) in [5, 5.41) is 10.0. The van der Waals surface area contributed by atoms with Gasteiger partial charge in [0.2, 0.25) is 0 Å². The molecule has 2 atom stereocenters. The van der Waals surface area contributed by atoms with Crippen LogP contribution in [0.5, 0.6) is 0 Å². The third kappa shape index (κ3) is 3.54. The van der Waals surface area contributed by atoms with Crippen LogP contribution in [0, 0.1) is 11.3 Å². The molecule has 1 aromatic rings. The Labute approximate surface area is 173 Å². The highest BCUT2D eigenvalue weighted by molar-refractivity contribution is 8.03. The van der Waals surface area contributed by atoms with Crippen LogP contribution in [0.25, 0.3) is 0 Å². The standard InChI is InChI=1S/C24H33NO2S/c1-23(2)13-10-19-18(14-23)20(22(26)27)21(28-19)16-6-8-17(9-7-16)24(15-25)11-4-3-5-12-24/h6-9,20-21H,3-5,10-15,25H2,1-2H3,(H,26,27). The van der Waals surface area contributed by atoms with Gasteiger partial charge in [0.15, 0.2) is 0 Å². The van der Waals surface area contributed by atoms with E-state index in [0.717, 1.165) is 24.8 Å². The maximum atomic E-state index is 12.2. The van der Waals surface area contributed by atoms with E-state index in [1.165, 1.54) is 48.1 Å². The van der Waals surface area contributed by atoms with Gasteiger partial charge in [-0.2, -0.15) is 0 Å². The summed E-state index contributed by atoms with van der Waals surface area (Å²) in [5.41, 5.74) is 10.2. The average Bonchev–Trinajstić information content (AvgIpc) is 3.06. The lowest BCUT2D eigenvalue weighted by Crippen LogP contribution is -2.37. The van der Waals surface area contributed by atoms with Crippen molar-refractivity contribution in [2.75, 3.05) is 6.54 Å². The van der Waals surface area contributed by atoms with Gasteiger partial charge < -0.3 is 10.8 Å². The van der Waals surface area contributed by atoms with E-state index in [1.54, 1.807) is 11.8 Å². The molecule has 4 heteroatoms. The lowest BCUT2D eigenvalue weighted by molar-refractivity contribution is -0.140. The molecular formula is C24H33NO2S. The Morgan fingerprint density at radius 1 is 1.14 bits per heavy atom. The minimum absolute atomic E-state index is 0.00522. The van der Waals surface area contributed by atoms with Crippen LogP contribution in [0.4, 0.5) is 0 Å². The van der Waals surface area contributed by atoms with E-state index < -0.39 is 5.97 Å². The lowest BCUT2D eigenvalue weighted by atomic mass is 9.69. The number of benzene rings is 1. The van der Waals surface area contributed by atoms with Gasteiger partial charge in [-0.3, -0.25) is 4.79 Å². The quantitative estimate of drug-likeness (QED) is 0.671. The average molecular weight is 400 g/mol. The number of hydrogen-bond acceptors (Lipinski definition) is 3. The van der Waals surface area contributed by atoms with Crippen molar-refractivity contribution in [3.8, 4) is 0 Å². The predicted octanol–water partition coefficient (Wildman–Crippen LogP) is 5.80. The Morgan fingerprint density at radius 2 is 1.82 bits per heavy atom. The second-order valence-corrected chi connectivity index (χ2v) is 11.0. The summed E-state index contributed by atoms with van der Waals surface area (Å²) in [6.45, 7) is 5.23. The van der Waals surface area contributed by atoms with Crippen LogP contribution in [0.3, 0.4) is 0 Å². The van der Waals surface area contributed by atoms with E-state index in [1.807, 2.05) is 0 Å². The SMILES string of the molecule is CC1(C)CCC2=C(C1)C(C(=O)O)C(c1ccc(C3(CN)CCCCC3)cc1)S2. The minimum Gasteiger partial charge on any atom is -0.481 e. The fraction of sp³-hybridized carbons (Fsp3) is 0.625. The van der Waals surface area contributed by atoms with Crippen molar-refractivity contribution < 1.29 is 9.90 Å². The molecule has 1 aromatic carbocycles. The number of nitrogens with two attached hydrogens (primary N) is 1. The van der Waals surface area contributed by atoms with Gasteiger partial charge >= 0.3 is 5.97 Å². The fourth-order valence-electron chi connectivity index (χ4n) is 5.54. The topological polar surface area (TPSA) is 63.3 Å². The second-order valence-electron chi connectivity index (χ2n) is 9.81. The Morgan fingerprint density at radius 3 is 2.43 bits per heavy atom. The van der Waals surface area contributed by atoms with Gasteiger partial charge in [-0.05, 0) is 59.1 Å². The van der Waals surface area contributed by atoms with Crippen molar-refractivity contribution in [3.63, 3.8) is 0 Å². The third-order valence-corrected chi connectivity index (χ3v) is 8.87. The molecule has 4 rings (SSSR count). The molecule has 1 aliphatic heterocycles. The zero-order valence-electron chi connectivity index (χ0n) is 17.2. The van der Waals surface area contributed by atoms with Crippen molar-refractivity contribution in [2.24, 2.45) is 17.1 Å².